The molecule has 106 valence electrons. The summed E-state index contributed by atoms with van der Waals surface area (Å²) in [6, 6.07) is 6.16. The number of nitrogens with two attached hydrogens (primary N) is 1. The Hall–Kier alpha value is -0.130. The van der Waals surface area contributed by atoms with Gasteiger partial charge in [-0.25, -0.2) is 0 Å². The standard InChI is InChI=1S/C14H20BrClN2O/c1-2-11-9-18(5-6-19-11)14(8-17)12-4-3-10(15)7-13(12)16/h3-4,7,11,14H,2,5-6,8-9,17H2,1H3. The van der Waals surface area contributed by atoms with Gasteiger partial charge in [-0.15, -0.1) is 0 Å². The third kappa shape index (κ3) is 3.70. The summed E-state index contributed by atoms with van der Waals surface area (Å²) in [5.41, 5.74) is 7.08. The van der Waals surface area contributed by atoms with Gasteiger partial charge in [0.05, 0.1) is 12.7 Å². The molecule has 19 heavy (non-hydrogen) atoms. The molecule has 2 rings (SSSR count). The van der Waals surface area contributed by atoms with Gasteiger partial charge in [0.1, 0.15) is 0 Å². The van der Waals surface area contributed by atoms with Gasteiger partial charge in [0, 0.05) is 35.2 Å². The van der Waals surface area contributed by atoms with Crippen LogP contribution in [0.25, 0.3) is 0 Å². The quantitative estimate of drug-likeness (QED) is 0.909. The number of benzene rings is 1. The second-order valence-corrected chi connectivity index (χ2v) is 6.14. The summed E-state index contributed by atoms with van der Waals surface area (Å²) in [7, 11) is 0. The molecule has 1 heterocycles. The largest absolute Gasteiger partial charge is 0.376 e. The first-order chi connectivity index (χ1) is 9.15. The molecule has 3 nitrogen and oxygen atoms in total. The molecule has 0 aromatic heterocycles. The predicted octanol–water partition coefficient (Wildman–Crippen LogP) is 3.21. The summed E-state index contributed by atoms with van der Waals surface area (Å²) in [5.74, 6) is 0. The van der Waals surface area contributed by atoms with E-state index in [1.54, 1.807) is 0 Å². The second-order valence-electron chi connectivity index (χ2n) is 4.81. The molecule has 1 saturated heterocycles. The summed E-state index contributed by atoms with van der Waals surface area (Å²) in [5, 5.41) is 0.768. The third-order valence-electron chi connectivity index (χ3n) is 3.61. The van der Waals surface area contributed by atoms with Gasteiger partial charge in [0.2, 0.25) is 0 Å². The minimum atomic E-state index is 0.165. The maximum absolute atomic E-state index is 6.35. The molecule has 0 amide bonds. The molecule has 0 bridgehead atoms. The van der Waals surface area contributed by atoms with E-state index >= 15 is 0 Å². The molecule has 0 radical (unpaired) electrons. The summed E-state index contributed by atoms with van der Waals surface area (Å²) < 4.78 is 6.71. The number of hydrogen-bond donors (Lipinski definition) is 1. The SMILES string of the molecule is CCC1CN(C(CN)c2ccc(Br)cc2Cl)CCO1. The molecule has 1 aliphatic rings. The predicted molar refractivity (Wildman–Crippen MR) is 82.6 cm³/mol. The van der Waals surface area contributed by atoms with Crippen molar-refractivity contribution in [3.63, 3.8) is 0 Å². The highest BCUT2D eigenvalue weighted by Crippen LogP contribution is 2.30. The fourth-order valence-corrected chi connectivity index (χ4v) is 3.32. The molecule has 2 N–H and O–H groups in total. The van der Waals surface area contributed by atoms with Gasteiger partial charge in [-0.3, -0.25) is 4.90 Å². The number of hydrogen-bond acceptors (Lipinski definition) is 3. The van der Waals surface area contributed by atoms with E-state index < -0.39 is 0 Å². The van der Waals surface area contributed by atoms with Crippen molar-refractivity contribution in [1.29, 1.82) is 0 Å². The van der Waals surface area contributed by atoms with Crippen LogP contribution in [0, 0.1) is 0 Å². The lowest BCUT2D eigenvalue weighted by Gasteiger charge is -2.38. The smallest absolute Gasteiger partial charge is 0.0700 e. The lowest BCUT2D eigenvalue weighted by Crippen LogP contribution is -2.46. The Morgan fingerprint density at radius 2 is 2.37 bits per heavy atom. The monoisotopic (exact) mass is 346 g/mol. The fourth-order valence-electron chi connectivity index (χ4n) is 2.52. The first-order valence-corrected chi connectivity index (χ1v) is 7.83. The molecule has 1 aliphatic heterocycles. The Kier molecular flexibility index (Phi) is 5.66. The van der Waals surface area contributed by atoms with Gasteiger partial charge in [-0.2, -0.15) is 0 Å². The van der Waals surface area contributed by atoms with Crippen molar-refractivity contribution in [2.45, 2.75) is 25.5 Å². The van der Waals surface area contributed by atoms with Gasteiger partial charge in [-0.1, -0.05) is 40.5 Å². The Balaban J connectivity index is 2.19. The lowest BCUT2D eigenvalue weighted by molar-refractivity contribution is -0.0437. The normalized spacial score (nSPS) is 22.4. The van der Waals surface area contributed by atoms with Crippen LogP contribution in [0.5, 0.6) is 0 Å². The van der Waals surface area contributed by atoms with Gasteiger partial charge in [-0.05, 0) is 24.1 Å². The maximum atomic E-state index is 6.35. The third-order valence-corrected chi connectivity index (χ3v) is 4.43. The zero-order chi connectivity index (χ0) is 13.8. The number of ether oxygens (including phenoxy) is 1. The van der Waals surface area contributed by atoms with Crippen LogP contribution in [-0.2, 0) is 4.74 Å². The number of rotatable bonds is 4. The molecule has 0 spiro atoms. The zero-order valence-corrected chi connectivity index (χ0v) is 13.5. The van der Waals surface area contributed by atoms with Gasteiger partial charge in [0.15, 0.2) is 0 Å². The average molecular weight is 348 g/mol. The molecular weight excluding hydrogens is 328 g/mol. The fraction of sp³-hybridized carbons (Fsp3) is 0.571. The van der Waals surface area contributed by atoms with Crippen molar-refractivity contribution in [2.75, 3.05) is 26.2 Å². The van der Waals surface area contributed by atoms with Crippen LogP contribution < -0.4 is 5.73 Å². The van der Waals surface area contributed by atoms with Crippen LogP contribution in [-0.4, -0.2) is 37.2 Å². The first kappa shape index (κ1) is 15.3. The van der Waals surface area contributed by atoms with Crippen molar-refractivity contribution in [3.8, 4) is 0 Å². The topological polar surface area (TPSA) is 38.5 Å². The molecule has 2 atom stereocenters. The Morgan fingerprint density at radius 3 is 3.00 bits per heavy atom. The molecule has 0 aliphatic carbocycles. The minimum absolute atomic E-state index is 0.165. The van der Waals surface area contributed by atoms with E-state index in [0.717, 1.165) is 41.2 Å². The van der Waals surface area contributed by atoms with Crippen molar-refractivity contribution in [3.05, 3.63) is 33.3 Å². The van der Waals surface area contributed by atoms with Crippen LogP contribution in [0.1, 0.15) is 24.9 Å². The van der Waals surface area contributed by atoms with E-state index in [9.17, 15) is 0 Å². The average Bonchev–Trinajstić information content (AvgIpc) is 2.42. The molecule has 1 aromatic carbocycles. The maximum Gasteiger partial charge on any atom is 0.0700 e. The summed E-state index contributed by atoms with van der Waals surface area (Å²) >= 11 is 9.78. The highest BCUT2D eigenvalue weighted by atomic mass is 79.9. The number of nitrogens with zero attached hydrogens (tertiary/aromatic N) is 1. The Bertz CT molecular complexity index is 430. The number of halogens is 2. The van der Waals surface area contributed by atoms with Crippen molar-refractivity contribution in [1.82, 2.24) is 4.90 Å². The highest BCUT2D eigenvalue weighted by Gasteiger charge is 2.27. The molecule has 1 aromatic rings. The highest BCUT2D eigenvalue weighted by molar-refractivity contribution is 9.10. The van der Waals surface area contributed by atoms with Gasteiger partial charge in [0.25, 0.3) is 0 Å². The molecular formula is C14H20BrClN2O. The Labute approximate surface area is 128 Å². The summed E-state index contributed by atoms with van der Waals surface area (Å²) in [6.45, 7) is 5.31. The molecule has 2 unspecified atom stereocenters. The molecule has 1 fully saturated rings. The van der Waals surface area contributed by atoms with Crippen molar-refractivity contribution < 1.29 is 4.74 Å². The van der Waals surface area contributed by atoms with E-state index in [1.165, 1.54) is 0 Å². The minimum Gasteiger partial charge on any atom is -0.376 e. The van der Waals surface area contributed by atoms with Crippen LogP contribution in [0.2, 0.25) is 5.02 Å². The van der Waals surface area contributed by atoms with Crippen molar-refractivity contribution in [2.24, 2.45) is 5.73 Å². The lowest BCUT2D eigenvalue weighted by atomic mass is 10.0. The van der Waals surface area contributed by atoms with Crippen LogP contribution >= 0.6 is 27.5 Å². The summed E-state index contributed by atoms with van der Waals surface area (Å²) in [6.07, 6.45) is 1.33. The molecule has 5 heteroatoms. The van der Waals surface area contributed by atoms with E-state index in [2.05, 4.69) is 33.8 Å². The zero-order valence-electron chi connectivity index (χ0n) is 11.1. The van der Waals surface area contributed by atoms with E-state index in [-0.39, 0.29) is 6.04 Å². The van der Waals surface area contributed by atoms with Gasteiger partial charge < -0.3 is 10.5 Å². The van der Waals surface area contributed by atoms with Gasteiger partial charge >= 0.3 is 0 Å². The molecule has 0 saturated carbocycles. The van der Waals surface area contributed by atoms with Crippen molar-refractivity contribution >= 4 is 27.5 Å². The number of morpholine rings is 1. The second kappa shape index (κ2) is 7.04. The van der Waals surface area contributed by atoms with E-state index in [1.807, 2.05) is 12.1 Å². The van der Waals surface area contributed by atoms with E-state index in [0.29, 0.717) is 12.6 Å². The summed E-state index contributed by atoms with van der Waals surface area (Å²) in [4.78, 5) is 2.38. The van der Waals surface area contributed by atoms with E-state index in [4.69, 9.17) is 22.1 Å². The first-order valence-electron chi connectivity index (χ1n) is 6.66. The van der Waals surface area contributed by atoms with Crippen LogP contribution in [0.15, 0.2) is 22.7 Å². The van der Waals surface area contributed by atoms with Crippen LogP contribution in [0.4, 0.5) is 0 Å². The Morgan fingerprint density at radius 1 is 1.58 bits per heavy atom. The van der Waals surface area contributed by atoms with Crippen LogP contribution in [0.3, 0.4) is 0 Å².